The van der Waals surface area contributed by atoms with Crippen molar-refractivity contribution in [2.45, 2.75) is 12.8 Å². The number of rotatable bonds is 8. The molecule has 0 saturated heterocycles. The number of Topliss-reactive ketones (excluding diaryl/α,β-unsaturated/α-hetero) is 1. The number of carbonyl (C=O) groups excluding carboxylic acids is 4. The van der Waals surface area contributed by atoms with E-state index < -0.39 is 24.4 Å². The molecule has 0 bridgehead atoms. The van der Waals surface area contributed by atoms with Crippen molar-refractivity contribution in [2.75, 3.05) is 13.7 Å². The molecule has 136 valence electrons. The molecule has 0 radical (unpaired) electrons. The molecule has 2 rings (SSSR count). The highest BCUT2D eigenvalue weighted by Gasteiger charge is 2.14. The monoisotopic (exact) mass is 375 g/mol. The minimum absolute atomic E-state index is 0.00570. The fourth-order valence-electron chi connectivity index (χ4n) is 1.97. The third-order valence-corrected chi connectivity index (χ3v) is 4.23. The van der Waals surface area contributed by atoms with Crippen molar-refractivity contribution in [3.8, 4) is 5.75 Å². The van der Waals surface area contributed by atoms with Crippen molar-refractivity contribution in [1.29, 1.82) is 0 Å². The van der Waals surface area contributed by atoms with E-state index in [2.05, 4.69) is 5.32 Å². The summed E-state index contributed by atoms with van der Waals surface area (Å²) in [5.41, 5.74) is 0.270. The van der Waals surface area contributed by atoms with Crippen LogP contribution in [0.5, 0.6) is 5.75 Å². The predicted molar refractivity (Wildman–Crippen MR) is 94.3 cm³/mol. The minimum Gasteiger partial charge on any atom is -0.497 e. The molecule has 0 aliphatic heterocycles. The summed E-state index contributed by atoms with van der Waals surface area (Å²) in [4.78, 5) is 47.5. The van der Waals surface area contributed by atoms with Crippen LogP contribution >= 0.6 is 11.3 Å². The molecule has 2 aromatic rings. The third-order valence-electron chi connectivity index (χ3n) is 3.32. The number of nitrogens with one attached hydrogen (secondary N) is 1. The van der Waals surface area contributed by atoms with Crippen molar-refractivity contribution in [3.05, 3.63) is 52.2 Å². The maximum atomic E-state index is 11.9. The molecule has 0 spiro atoms. The van der Waals surface area contributed by atoms with Crippen LogP contribution in [-0.2, 0) is 14.3 Å². The first kappa shape index (κ1) is 19.3. The number of benzene rings is 1. The largest absolute Gasteiger partial charge is 0.497 e. The Morgan fingerprint density at radius 2 is 1.77 bits per heavy atom. The van der Waals surface area contributed by atoms with Gasteiger partial charge >= 0.3 is 5.97 Å². The van der Waals surface area contributed by atoms with Gasteiger partial charge in [0.1, 0.15) is 5.75 Å². The average Bonchev–Trinajstić information content (AvgIpc) is 3.19. The van der Waals surface area contributed by atoms with Crippen LogP contribution in [0.25, 0.3) is 0 Å². The molecule has 0 atom stereocenters. The Hall–Kier alpha value is -3.00. The maximum absolute atomic E-state index is 11.9. The molecule has 26 heavy (non-hydrogen) atoms. The van der Waals surface area contributed by atoms with Gasteiger partial charge in [0.25, 0.3) is 11.8 Å². The lowest BCUT2D eigenvalue weighted by molar-refractivity contribution is -0.148. The molecule has 1 aromatic heterocycles. The van der Waals surface area contributed by atoms with Gasteiger partial charge in [-0.25, -0.2) is 0 Å². The zero-order valence-corrected chi connectivity index (χ0v) is 14.8. The highest BCUT2D eigenvalue weighted by Crippen LogP contribution is 2.13. The standard InChI is InChI=1S/C18H17NO6S/c1-24-13-6-4-12(5-7-13)18(23)19-16(21)11-25-17(22)9-8-14(20)15-3-2-10-26-15/h2-7,10H,8-9,11H2,1H3,(H,19,21,23). The molecule has 1 heterocycles. The van der Waals surface area contributed by atoms with E-state index in [1.165, 1.54) is 30.6 Å². The number of ether oxygens (including phenoxy) is 2. The van der Waals surface area contributed by atoms with E-state index in [-0.39, 0.29) is 24.2 Å². The van der Waals surface area contributed by atoms with Gasteiger partial charge in [-0.3, -0.25) is 24.5 Å². The van der Waals surface area contributed by atoms with Crippen molar-refractivity contribution >= 4 is 34.9 Å². The van der Waals surface area contributed by atoms with Gasteiger partial charge in [0.2, 0.25) is 0 Å². The van der Waals surface area contributed by atoms with Crippen molar-refractivity contribution in [2.24, 2.45) is 0 Å². The van der Waals surface area contributed by atoms with Crippen LogP contribution in [0.2, 0.25) is 0 Å². The van der Waals surface area contributed by atoms with Gasteiger partial charge in [0.15, 0.2) is 12.4 Å². The second-order valence-corrected chi connectivity index (χ2v) is 6.11. The molecule has 8 heteroatoms. The Bertz CT molecular complexity index is 783. The maximum Gasteiger partial charge on any atom is 0.306 e. The third kappa shape index (κ3) is 5.82. The van der Waals surface area contributed by atoms with Gasteiger partial charge in [0, 0.05) is 12.0 Å². The Morgan fingerprint density at radius 3 is 2.38 bits per heavy atom. The van der Waals surface area contributed by atoms with Crippen LogP contribution in [0.1, 0.15) is 32.9 Å². The number of thiophene rings is 1. The summed E-state index contributed by atoms with van der Waals surface area (Å²) in [7, 11) is 1.50. The van der Waals surface area contributed by atoms with E-state index >= 15 is 0 Å². The Morgan fingerprint density at radius 1 is 1.04 bits per heavy atom. The van der Waals surface area contributed by atoms with Gasteiger partial charge in [-0.15, -0.1) is 11.3 Å². The molecule has 0 saturated carbocycles. The van der Waals surface area contributed by atoms with Crippen molar-refractivity contribution in [1.82, 2.24) is 5.32 Å². The first-order valence-electron chi connectivity index (χ1n) is 7.70. The Labute approximate surface area is 153 Å². The van der Waals surface area contributed by atoms with E-state index in [1.807, 2.05) is 0 Å². The predicted octanol–water partition coefficient (Wildman–Crippen LogP) is 2.22. The average molecular weight is 375 g/mol. The van der Waals surface area contributed by atoms with E-state index in [1.54, 1.807) is 29.6 Å². The number of hydrogen-bond donors (Lipinski definition) is 1. The van der Waals surface area contributed by atoms with E-state index in [9.17, 15) is 19.2 Å². The number of hydrogen-bond acceptors (Lipinski definition) is 7. The second kappa shape index (κ2) is 9.47. The number of esters is 1. The Kier molecular flexibility index (Phi) is 7.04. The molecule has 2 amide bonds. The molecule has 0 aliphatic carbocycles. The lowest BCUT2D eigenvalue weighted by atomic mass is 10.2. The van der Waals surface area contributed by atoms with Crippen molar-refractivity contribution in [3.63, 3.8) is 0 Å². The Balaban J connectivity index is 1.71. The summed E-state index contributed by atoms with van der Waals surface area (Å²) >= 11 is 1.30. The molecule has 0 unspecified atom stereocenters. The van der Waals surface area contributed by atoms with Gasteiger partial charge in [-0.2, -0.15) is 0 Å². The number of ketones is 1. The smallest absolute Gasteiger partial charge is 0.306 e. The number of methoxy groups -OCH3 is 1. The first-order valence-corrected chi connectivity index (χ1v) is 8.58. The fourth-order valence-corrected chi connectivity index (χ4v) is 2.67. The van der Waals surface area contributed by atoms with E-state index in [4.69, 9.17) is 9.47 Å². The minimum atomic E-state index is -0.747. The molecule has 0 aliphatic rings. The molecule has 0 fully saturated rings. The molecular formula is C18H17NO6S. The van der Waals surface area contributed by atoms with E-state index in [0.717, 1.165) is 0 Å². The van der Waals surface area contributed by atoms with E-state index in [0.29, 0.717) is 10.6 Å². The zero-order valence-electron chi connectivity index (χ0n) is 14.0. The van der Waals surface area contributed by atoms with Crippen molar-refractivity contribution < 1.29 is 28.7 Å². The van der Waals surface area contributed by atoms with Crippen LogP contribution < -0.4 is 10.1 Å². The summed E-state index contributed by atoms with van der Waals surface area (Å²) in [6.07, 6.45) is -0.123. The summed E-state index contributed by atoms with van der Waals surface area (Å²) in [5.74, 6) is -1.61. The summed E-state index contributed by atoms with van der Waals surface area (Å²) in [6.45, 7) is -0.589. The number of carbonyl (C=O) groups is 4. The first-order chi connectivity index (χ1) is 12.5. The van der Waals surface area contributed by atoms with Gasteiger partial charge < -0.3 is 9.47 Å². The van der Waals surface area contributed by atoms with Crippen LogP contribution in [0.15, 0.2) is 41.8 Å². The summed E-state index contributed by atoms with van der Waals surface area (Å²) < 4.78 is 9.75. The molecule has 1 N–H and O–H groups in total. The summed E-state index contributed by atoms with van der Waals surface area (Å²) in [6, 6.07) is 9.61. The highest BCUT2D eigenvalue weighted by molar-refractivity contribution is 7.12. The van der Waals surface area contributed by atoms with Crippen LogP contribution in [0.4, 0.5) is 0 Å². The fraction of sp³-hybridized carbons (Fsp3) is 0.222. The molecule has 1 aromatic carbocycles. The van der Waals surface area contributed by atoms with Crippen LogP contribution in [-0.4, -0.2) is 37.3 Å². The summed E-state index contributed by atoms with van der Waals surface area (Å²) in [5, 5.41) is 3.89. The normalized spacial score (nSPS) is 10.0. The van der Waals surface area contributed by atoms with Gasteiger partial charge in [-0.1, -0.05) is 6.07 Å². The zero-order chi connectivity index (χ0) is 18.9. The topological polar surface area (TPSA) is 98.8 Å². The lowest BCUT2D eigenvalue weighted by Crippen LogP contribution is -2.34. The SMILES string of the molecule is COc1ccc(C(=O)NC(=O)COC(=O)CCC(=O)c2cccs2)cc1. The van der Waals surface area contributed by atoms with Gasteiger partial charge in [-0.05, 0) is 35.7 Å². The van der Waals surface area contributed by atoms with Crippen LogP contribution in [0, 0.1) is 0 Å². The number of imide groups is 1. The quantitative estimate of drug-likeness (QED) is 0.561. The molecule has 7 nitrogen and oxygen atoms in total. The van der Waals surface area contributed by atoms with Crippen LogP contribution in [0.3, 0.4) is 0 Å². The second-order valence-electron chi connectivity index (χ2n) is 5.17. The van der Waals surface area contributed by atoms with Gasteiger partial charge in [0.05, 0.1) is 18.4 Å². The molecular weight excluding hydrogens is 358 g/mol. The highest BCUT2D eigenvalue weighted by atomic mass is 32.1. The lowest BCUT2D eigenvalue weighted by Gasteiger charge is -2.06. The number of amides is 2.